The third-order valence-electron chi connectivity index (χ3n) is 3.20. The standard InChI is InChI=1S/C13H18N4O3/c1-17-4-6-18-10(9-17)7-14-8-12-15-13(16-20-12)11-3-2-5-19-11/h2-3,5,10,14H,4,6-9H2,1H3/t10-/m0/s1. The Kier molecular flexibility index (Phi) is 4.10. The first-order valence-electron chi connectivity index (χ1n) is 6.68. The van der Waals surface area contributed by atoms with Crippen molar-refractivity contribution in [3.05, 3.63) is 24.3 Å². The van der Waals surface area contributed by atoms with Gasteiger partial charge in [-0.3, -0.25) is 0 Å². The van der Waals surface area contributed by atoms with Crippen LogP contribution in [0, 0.1) is 0 Å². The monoisotopic (exact) mass is 278 g/mol. The Hall–Kier alpha value is -1.70. The van der Waals surface area contributed by atoms with Crippen LogP contribution >= 0.6 is 0 Å². The molecule has 0 saturated carbocycles. The summed E-state index contributed by atoms with van der Waals surface area (Å²) in [4.78, 5) is 6.53. The van der Waals surface area contributed by atoms with Crippen molar-refractivity contribution in [2.75, 3.05) is 33.3 Å². The van der Waals surface area contributed by atoms with Crippen molar-refractivity contribution in [2.45, 2.75) is 12.6 Å². The van der Waals surface area contributed by atoms with Crippen molar-refractivity contribution in [1.82, 2.24) is 20.4 Å². The fourth-order valence-corrected chi connectivity index (χ4v) is 2.16. The Labute approximate surface area is 116 Å². The van der Waals surface area contributed by atoms with Crippen LogP contribution in [0.3, 0.4) is 0 Å². The molecule has 0 aliphatic carbocycles. The Morgan fingerprint density at radius 3 is 3.25 bits per heavy atom. The Morgan fingerprint density at radius 1 is 1.50 bits per heavy atom. The second-order valence-corrected chi connectivity index (χ2v) is 4.87. The molecular formula is C13H18N4O3. The Morgan fingerprint density at radius 2 is 2.45 bits per heavy atom. The zero-order chi connectivity index (χ0) is 13.8. The fourth-order valence-electron chi connectivity index (χ4n) is 2.16. The van der Waals surface area contributed by atoms with Gasteiger partial charge < -0.3 is 23.9 Å². The van der Waals surface area contributed by atoms with E-state index < -0.39 is 0 Å². The molecule has 0 bridgehead atoms. The fraction of sp³-hybridized carbons (Fsp3) is 0.538. The first-order valence-corrected chi connectivity index (χ1v) is 6.68. The van der Waals surface area contributed by atoms with Crippen molar-refractivity contribution < 1.29 is 13.7 Å². The van der Waals surface area contributed by atoms with Gasteiger partial charge in [0.05, 0.1) is 25.5 Å². The van der Waals surface area contributed by atoms with Gasteiger partial charge in [-0.25, -0.2) is 0 Å². The quantitative estimate of drug-likeness (QED) is 0.864. The van der Waals surface area contributed by atoms with E-state index in [0.29, 0.717) is 24.0 Å². The maximum absolute atomic E-state index is 5.66. The maximum Gasteiger partial charge on any atom is 0.241 e. The van der Waals surface area contributed by atoms with Gasteiger partial charge in [0, 0.05) is 19.6 Å². The molecule has 7 nitrogen and oxygen atoms in total. The molecule has 0 unspecified atom stereocenters. The molecule has 3 rings (SSSR count). The summed E-state index contributed by atoms with van der Waals surface area (Å²) in [5.74, 6) is 1.62. The summed E-state index contributed by atoms with van der Waals surface area (Å²) in [5.41, 5.74) is 0. The lowest BCUT2D eigenvalue weighted by Gasteiger charge is -2.30. The van der Waals surface area contributed by atoms with E-state index in [-0.39, 0.29) is 6.10 Å². The van der Waals surface area contributed by atoms with E-state index in [9.17, 15) is 0 Å². The summed E-state index contributed by atoms with van der Waals surface area (Å²) in [7, 11) is 2.10. The molecule has 1 aliphatic rings. The van der Waals surface area contributed by atoms with Gasteiger partial charge in [-0.15, -0.1) is 0 Å². The molecule has 108 valence electrons. The zero-order valence-corrected chi connectivity index (χ0v) is 11.4. The second kappa shape index (κ2) is 6.17. The van der Waals surface area contributed by atoms with Gasteiger partial charge in [-0.1, -0.05) is 5.16 Å². The topological polar surface area (TPSA) is 76.6 Å². The highest BCUT2D eigenvalue weighted by atomic mass is 16.5. The highest BCUT2D eigenvalue weighted by Gasteiger charge is 2.17. The smallest absolute Gasteiger partial charge is 0.241 e. The molecular weight excluding hydrogens is 260 g/mol. The van der Waals surface area contributed by atoms with Crippen molar-refractivity contribution >= 4 is 0 Å². The van der Waals surface area contributed by atoms with E-state index in [1.54, 1.807) is 18.4 Å². The summed E-state index contributed by atoms with van der Waals surface area (Å²) < 4.78 is 16.0. The van der Waals surface area contributed by atoms with Gasteiger partial charge in [0.2, 0.25) is 11.7 Å². The number of ether oxygens (including phenoxy) is 1. The molecule has 0 radical (unpaired) electrons. The number of nitrogens with zero attached hydrogens (tertiary/aromatic N) is 3. The summed E-state index contributed by atoms with van der Waals surface area (Å²) in [5, 5.41) is 7.15. The van der Waals surface area contributed by atoms with Gasteiger partial charge >= 0.3 is 0 Å². The number of aromatic nitrogens is 2. The van der Waals surface area contributed by atoms with Crippen LogP contribution in [0.5, 0.6) is 0 Å². The largest absolute Gasteiger partial charge is 0.461 e. The Balaban J connectivity index is 1.47. The lowest BCUT2D eigenvalue weighted by Crippen LogP contribution is -2.44. The third kappa shape index (κ3) is 3.24. The molecule has 0 amide bonds. The number of hydrogen-bond donors (Lipinski definition) is 1. The predicted octanol–water partition coefficient (Wildman–Crippen LogP) is 0.750. The van der Waals surface area contributed by atoms with E-state index in [2.05, 4.69) is 27.4 Å². The lowest BCUT2D eigenvalue weighted by molar-refractivity contribution is -0.0184. The van der Waals surface area contributed by atoms with Crippen LogP contribution in [0.15, 0.2) is 27.3 Å². The summed E-state index contributed by atoms with van der Waals surface area (Å²) in [6.45, 7) is 4.01. The molecule has 20 heavy (non-hydrogen) atoms. The summed E-state index contributed by atoms with van der Waals surface area (Å²) >= 11 is 0. The minimum Gasteiger partial charge on any atom is -0.461 e. The zero-order valence-electron chi connectivity index (χ0n) is 11.4. The molecule has 2 aromatic heterocycles. The predicted molar refractivity (Wildman–Crippen MR) is 70.9 cm³/mol. The van der Waals surface area contributed by atoms with E-state index in [4.69, 9.17) is 13.7 Å². The normalized spacial score (nSPS) is 20.4. The van der Waals surface area contributed by atoms with Crippen LogP contribution in [0.25, 0.3) is 11.6 Å². The van der Waals surface area contributed by atoms with Crippen molar-refractivity contribution in [3.8, 4) is 11.6 Å². The van der Waals surface area contributed by atoms with Crippen LogP contribution in [0.1, 0.15) is 5.89 Å². The molecule has 1 aliphatic heterocycles. The van der Waals surface area contributed by atoms with Gasteiger partial charge in [-0.05, 0) is 19.2 Å². The van der Waals surface area contributed by atoms with Crippen molar-refractivity contribution in [2.24, 2.45) is 0 Å². The van der Waals surface area contributed by atoms with Crippen LogP contribution in [0.2, 0.25) is 0 Å². The minimum atomic E-state index is 0.209. The SMILES string of the molecule is CN1CCO[C@@H](CNCc2nc(-c3ccco3)no2)C1. The van der Waals surface area contributed by atoms with Gasteiger partial charge in [-0.2, -0.15) is 4.98 Å². The number of nitrogens with one attached hydrogen (secondary N) is 1. The molecule has 1 fully saturated rings. The second-order valence-electron chi connectivity index (χ2n) is 4.87. The summed E-state index contributed by atoms with van der Waals surface area (Å²) in [6, 6.07) is 3.59. The molecule has 1 atom stereocenters. The maximum atomic E-state index is 5.66. The van der Waals surface area contributed by atoms with E-state index in [1.807, 2.05) is 0 Å². The highest BCUT2D eigenvalue weighted by Crippen LogP contribution is 2.15. The number of hydrogen-bond acceptors (Lipinski definition) is 7. The van der Waals surface area contributed by atoms with Crippen molar-refractivity contribution in [1.29, 1.82) is 0 Å². The van der Waals surface area contributed by atoms with Crippen LogP contribution in [0.4, 0.5) is 0 Å². The van der Waals surface area contributed by atoms with Gasteiger partial charge in [0.15, 0.2) is 5.76 Å². The van der Waals surface area contributed by atoms with E-state index in [0.717, 1.165) is 26.2 Å². The molecule has 1 saturated heterocycles. The van der Waals surface area contributed by atoms with Crippen LogP contribution in [-0.4, -0.2) is 54.4 Å². The average Bonchev–Trinajstić information content (AvgIpc) is 3.09. The highest BCUT2D eigenvalue weighted by molar-refractivity contribution is 5.44. The van der Waals surface area contributed by atoms with E-state index in [1.165, 1.54) is 0 Å². The third-order valence-corrected chi connectivity index (χ3v) is 3.20. The van der Waals surface area contributed by atoms with Gasteiger partial charge in [0.1, 0.15) is 0 Å². The molecule has 0 spiro atoms. The number of morpholine rings is 1. The minimum absolute atomic E-state index is 0.209. The Bertz CT molecular complexity index is 525. The lowest BCUT2D eigenvalue weighted by atomic mass is 10.3. The summed E-state index contributed by atoms with van der Waals surface area (Å²) in [6.07, 6.45) is 1.79. The molecule has 2 aromatic rings. The number of rotatable bonds is 5. The van der Waals surface area contributed by atoms with Gasteiger partial charge in [0.25, 0.3) is 0 Å². The van der Waals surface area contributed by atoms with E-state index >= 15 is 0 Å². The molecule has 3 heterocycles. The number of furan rings is 1. The first kappa shape index (κ1) is 13.3. The average molecular weight is 278 g/mol. The van der Waals surface area contributed by atoms with Crippen LogP contribution in [-0.2, 0) is 11.3 Å². The van der Waals surface area contributed by atoms with Crippen LogP contribution < -0.4 is 5.32 Å². The molecule has 7 heteroatoms. The van der Waals surface area contributed by atoms with Crippen molar-refractivity contribution in [3.63, 3.8) is 0 Å². The first-order chi connectivity index (χ1) is 9.81. The molecule has 0 aromatic carbocycles. The molecule has 1 N–H and O–H groups in total. The number of likely N-dealkylation sites (N-methyl/N-ethyl adjacent to an activating group) is 1.